The normalized spacial score (nSPS) is 11.1. The van der Waals surface area contributed by atoms with Gasteiger partial charge in [0.05, 0.1) is 9.62 Å². The number of hydrogen-bond donors (Lipinski definition) is 1. The molecule has 0 saturated heterocycles. The van der Waals surface area contributed by atoms with Crippen LogP contribution >= 0.6 is 11.3 Å². The van der Waals surface area contributed by atoms with Crippen LogP contribution < -0.4 is 5.32 Å². The Balaban J connectivity index is 1.75. The summed E-state index contributed by atoms with van der Waals surface area (Å²) in [6.45, 7) is 0. The van der Waals surface area contributed by atoms with E-state index >= 15 is 0 Å². The smallest absolute Gasteiger partial charge is 0.270 e. The maximum absolute atomic E-state index is 13.6. The van der Waals surface area contributed by atoms with Crippen LogP contribution in [0.3, 0.4) is 0 Å². The van der Waals surface area contributed by atoms with Crippen LogP contribution in [0.2, 0.25) is 0 Å². The zero-order chi connectivity index (χ0) is 18.0. The number of amides is 1. The third kappa shape index (κ3) is 3.83. The molecule has 0 atom stereocenters. The van der Waals surface area contributed by atoms with Gasteiger partial charge < -0.3 is 0 Å². The van der Waals surface area contributed by atoms with Crippen molar-refractivity contribution < 1.29 is 18.5 Å². The summed E-state index contributed by atoms with van der Waals surface area (Å²) >= 11 is 0.936. The summed E-state index contributed by atoms with van der Waals surface area (Å²) in [5, 5.41) is 13.3. The lowest BCUT2D eigenvalue weighted by atomic mass is 10.2. The summed E-state index contributed by atoms with van der Waals surface area (Å²) in [5.74, 6) is -2.08. The van der Waals surface area contributed by atoms with Crippen molar-refractivity contribution in [2.24, 2.45) is 0 Å². The van der Waals surface area contributed by atoms with Crippen molar-refractivity contribution in [3.8, 4) is 0 Å². The Hall–Kier alpha value is -3.20. The molecule has 0 aliphatic rings. The van der Waals surface area contributed by atoms with Crippen LogP contribution in [-0.4, -0.2) is 15.8 Å². The van der Waals surface area contributed by atoms with Gasteiger partial charge in [-0.25, -0.2) is 13.8 Å². The van der Waals surface area contributed by atoms with Crippen LogP contribution in [0, 0.1) is 21.7 Å². The second kappa shape index (κ2) is 6.73. The van der Waals surface area contributed by atoms with Crippen LogP contribution in [-0.2, 0) is 4.79 Å². The third-order valence-electron chi connectivity index (χ3n) is 3.15. The molecule has 0 saturated carbocycles. The average molecular weight is 361 g/mol. The molecule has 1 N–H and O–H groups in total. The maximum Gasteiger partial charge on any atom is 0.270 e. The fourth-order valence-corrected chi connectivity index (χ4v) is 2.98. The number of anilines is 1. The van der Waals surface area contributed by atoms with Crippen molar-refractivity contribution in [3.63, 3.8) is 0 Å². The highest BCUT2D eigenvalue weighted by Gasteiger charge is 2.11. The van der Waals surface area contributed by atoms with Gasteiger partial charge in [-0.15, -0.1) is 0 Å². The molecule has 1 aromatic heterocycles. The lowest BCUT2D eigenvalue weighted by Crippen LogP contribution is -2.07. The van der Waals surface area contributed by atoms with Crippen molar-refractivity contribution in [3.05, 3.63) is 69.8 Å². The number of nitro benzene ring substituents is 1. The van der Waals surface area contributed by atoms with Gasteiger partial charge in [0.15, 0.2) is 10.9 Å². The second-order valence-electron chi connectivity index (χ2n) is 4.93. The molecule has 25 heavy (non-hydrogen) atoms. The molecule has 3 rings (SSSR count). The molecule has 0 radical (unpaired) electrons. The SMILES string of the molecule is O=C(C=Cc1cccc([N+](=O)[O-])c1)Nc1nc2c(F)cc(F)cc2s1. The number of benzene rings is 2. The molecule has 6 nitrogen and oxygen atoms in total. The van der Waals surface area contributed by atoms with Crippen LogP contribution in [0.15, 0.2) is 42.5 Å². The predicted molar refractivity (Wildman–Crippen MR) is 90.3 cm³/mol. The van der Waals surface area contributed by atoms with E-state index < -0.39 is 22.5 Å². The van der Waals surface area contributed by atoms with Gasteiger partial charge in [0, 0.05) is 24.3 Å². The summed E-state index contributed by atoms with van der Waals surface area (Å²) in [5.41, 5.74) is 0.359. The van der Waals surface area contributed by atoms with Gasteiger partial charge in [0.1, 0.15) is 11.3 Å². The Morgan fingerprint density at radius 1 is 1.28 bits per heavy atom. The summed E-state index contributed by atoms with van der Waals surface area (Å²) in [4.78, 5) is 26.0. The van der Waals surface area contributed by atoms with Gasteiger partial charge in [0.25, 0.3) is 5.69 Å². The molecule has 0 bridgehead atoms. The first-order valence-electron chi connectivity index (χ1n) is 6.91. The van der Waals surface area contributed by atoms with E-state index in [0.29, 0.717) is 5.56 Å². The fraction of sp³-hybridized carbons (Fsp3) is 0. The Labute approximate surface area is 143 Å². The molecule has 0 spiro atoms. The number of hydrogen-bond acceptors (Lipinski definition) is 5. The van der Waals surface area contributed by atoms with Crippen LogP contribution in [0.4, 0.5) is 19.6 Å². The highest BCUT2D eigenvalue weighted by Crippen LogP contribution is 2.28. The third-order valence-corrected chi connectivity index (χ3v) is 4.07. The highest BCUT2D eigenvalue weighted by atomic mass is 32.1. The minimum Gasteiger partial charge on any atom is -0.298 e. The monoisotopic (exact) mass is 361 g/mol. The molecule has 2 aromatic carbocycles. The van der Waals surface area contributed by atoms with E-state index in [1.165, 1.54) is 30.4 Å². The summed E-state index contributed by atoms with van der Waals surface area (Å²) < 4.78 is 27.0. The number of carbonyl (C=O) groups excluding carboxylic acids is 1. The molecule has 0 fully saturated rings. The van der Waals surface area contributed by atoms with Crippen molar-refractivity contribution in [1.29, 1.82) is 0 Å². The van der Waals surface area contributed by atoms with E-state index in [1.54, 1.807) is 6.07 Å². The fourth-order valence-electron chi connectivity index (χ4n) is 2.07. The number of fused-ring (bicyclic) bond motifs is 1. The van der Waals surface area contributed by atoms with E-state index in [1.807, 2.05) is 0 Å². The average Bonchev–Trinajstić information content (AvgIpc) is 2.95. The lowest BCUT2D eigenvalue weighted by molar-refractivity contribution is -0.384. The Bertz CT molecular complexity index is 1020. The maximum atomic E-state index is 13.6. The molecule has 1 amide bonds. The van der Waals surface area contributed by atoms with Crippen LogP contribution in [0.1, 0.15) is 5.56 Å². The Morgan fingerprint density at radius 3 is 2.84 bits per heavy atom. The molecular formula is C16H9F2N3O3S. The first kappa shape index (κ1) is 16.7. The number of nitro groups is 1. The predicted octanol–water partition coefficient (Wildman–Crippen LogP) is 4.13. The molecule has 1 heterocycles. The van der Waals surface area contributed by atoms with E-state index in [-0.39, 0.29) is 21.0 Å². The van der Waals surface area contributed by atoms with E-state index in [4.69, 9.17) is 0 Å². The van der Waals surface area contributed by atoms with Gasteiger partial charge in [0.2, 0.25) is 5.91 Å². The lowest BCUT2D eigenvalue weighted by Gasteiger charge is -1.96. The van der Waals surface area contributed by atoms with Crippen LogP contribution in [0.25, 0.3) is 16.3 Å². The first-order valence-corrected chi connectivity index (χ1v) is 7.73. The van der Waals surface area contributed by atoms with Crippen molar-refractivity contribution >= 4 is 44.4 Å². The largest absolute Gasteiger partial charge is 0.298 e. The quantitative estimate of drug-likeness (QED) is 0.430. The number of rotatable bonds is 4. The number of nitrogens with zero attached hydrogens (tertiary/aromatic N) is 2. The molecule has 0 unspecified atom stereocenters. The van der Waals surface area contributed by atoms with Gasteiger partial charge in [-0.2, -0.15) is 0 Å². The number of carbonyl (C=O) groups is 1. The molecule has 0 aliphatic carbocycles. The van der Waals surface area contributed by atoms with Crippen molar-refractivity contribution in [2.75, 3.05) is 5.32 Å². The zero-order valence-corrected chi connectivity index (χ0v) is 13.2. The van der Waals surface area contributed by atoms with Crippen LogP contribution in [0.5, 0.6) is 0 Å². The minimum absolute atomic E-state index is 0.0237. The van der Waals surface area contributed by atoms with Gasteiger partial charge >= 0.3 is 0 Å². The number of nitrogens with one attached hydrogen (secondary N) is 1. The number of aromatic nitrogens is 1. The second-order valence-corrected chi connectivity index (χ2v) is 5.96. The molecule has 126 valence electrons. The zero-order valence-electron chi connectivity index (χ0n) is 12.4. The molecule has 0 aliphatic heterocycles. The Kier molecular flexibility index (Phi) is 4.48. The number of non-ortho nitro benzene ring substituents is 1. The molecule has 3 aromatic rings. The summed E-state index contributed by atoms with van der Waals surface area (Å²) in [6, 6.07) is 7.61. The van der Waals surface area contributed by atoms with Gasteiger partial charge in [-0.05, 0) is 17.7 Å². The molecule has 9 heteroatoms. The van der Waals surface area contributed by atoms with Crippen molar-refractivity contribution in [1.82, 2.24) is 4.98 Å². The highest BCUT2D eigenvalue weighted by molar-refractivity contribution is 7.22. The van der Waals surface area contributed by atoms with E-state index in [9.17, 15) is 23.7 Å². The minimum atomic E-state index is -0.807. The van der Waals surface area contributed by atoms with E-state index in [2.05, 4.69) is 10.3 Å². The van der Waals surface area contributed by atoms with E-state index in [0.717, 1.165) is 23.5 Å². The number of halogens is 2. The van der Waals surface area contributed by atoms with Crippen molar-refractivity contribution in [2.45, 2.75) is 0 Å². The topological polar surface area (TPSA) is 85.1 Å². The standard InChI is InChI=1S/C16H9F2N3O3S/c17-10-7-12(18)15-13(8-10)25-16(20-15)19-14(22)5-4-9-2-1-3-11(6-9)21(23)24/h1-8H,(H,19,20,22). The molecular weight excluding hydrogens is 352 g/mol. The summed E-state index contributed by atoms with van der Waals surface area (Å²) in [6.07, 6.45) is 2.57. The Morgan fingerprint density at radius 2 is 2.08 bits per heavy atom. The number of thiazole rings is 1. The first-order chi connectivity index (χ1) is 11.9. The van der Waals surface area contributed by atoms with Gasteiger partial charge in [-0.3, -0.25) is 20.2 Å². The van der Waals surface area contributed by atoms with Gasteiger partial charge in [-0.1, -0.05) is 23.5 Å². The summed E-state index contributed by atoms with van der Waals surface area (Å²) in [7, 11) is 0.